The highest BCUT2D eigenvalue weighted by Gasteiger charge is 2.47. The molecule has 1 aliphatic carbocycles. The summed E-state index contributed by atoms with van der Waals surface area (Å²) in [5.41, 5.74) is 10.3. The Balaban J connectivity index is 2.75. The first kappa shape index (κ1) is 7.61. The van der Waals surface area contributed by atoms with Crippen molar-refractivity contribution in [3.8, 4) is 0 Å². The second-order valence-corrected chi connectivity index (χ2v) is 4.08. The number of rotatable bonds is 0. The van der Waals surface area contributed by atoms with Crippen LogP contribution in [0, 0.1) is 0 Å². The van der Waals surface area contributed by atoms with Crippen LogP contribution in [0.25, 0.3) is 0 Å². The Morgan fingerprint density at radius 3 is 1.78 bits per heavy atom. The first-order chi connectivity index (χ1) is 3.96. The highest BCUT2D eigenvalue weighted by Crippen LogP contribution is 2.42. The molecule has 0 heterocycles. The van der Waals surface area contributed by atoms with Crippen molar-refractivity contribution in [2.75, 3.05) is 0 Å². The van der Waals surface area contributed by atoms with Crippen LogP contribution in [0.4, 0.5) is 0 Å². The number of halogens is 2. The van der Waals surface area contributed by atoms with E-state index in [-0.39, 0.29) is 0 Å². The highest BCUT2D eigenvalue weighted by molar-refractivity contribution is 6.49. The third-order valence-electron chi connectivity index (χ3n) is 1.76. The maximum absolute atomic E-state index is 5.77. The maximum atomic E-state index is 5.77. The zero-order valence-corrected chi connectivity index (χ0v) is 6.54. The number of alkyl halides is 2. The van der Waals surface area contributed by atoms with E-state index in [1.165, 1.54) is 0 Å². The Kier molecular flexibility index (Phi) is 1.68. The van der Waals surface area contributed by atoms with Gasteiger partial charge in [0.2, 0.25) is 0 Å². The fourth-order valence-corrected chi connectivity index (χ4v) is 1.47. The van der Waals surface area contributed by atoms with E-state index >= 15 is 0 Å². The van der Waals surface area contributed by atoms with E-state index in [9.17, 15) is 0 Å². The van der Waals surface area contributed by atoms with Gasteiger partial charge in [0.05, 0.1) is 5.66 Å². The lowest BCUT2D eigenvalue weighted by Gasteiger charge is -2.28. The summed E-state index contributed by atoms with van der Waals surface area (Å²) in [5, 5.41) is 0. The molecule has 0 aromatic heterocycles. The molecular formula is C5H10Cl2N2. The molecular weight excluding hydrogens is 159 g/mol. The van der Waals surface area contributed by atoms with Crippen molar-refractivity contribution in [1.29, 1.82) is 0 Å². The Morgan fingerprint density at radius 2 is 1.67 bits per heavy atom. The van der Waals surface area contributed by atoms with Crippen LogP contribution >= 0.6 is 23.2 Å². The number of nitrogens with two attached hydrogens (primary N) is 2. The van der Waals surface area contributed by atoms with Crippen molar-refractivity contribution < 1.29 is 0 Å². The van der Waals surface area contributed by atoms with Crippen molar-refractivity contribution in [1.82, 2.24) is 0 Å². The fraction of sp³-hybridized carbons (Fsp3) is 1.00. The molecule has 4 heteroatoms. The number of hydrogen-bond acceptors (Lipinski definition) is 2. The van der Waals surface area contributed by atoms with Gasteiger partial charge in [-0.1, -0.05) is 23.2 Å². The van der Waals surface area contributed by atoms with Crippen LogP contribution in [0.3, 0.4) is 0 Å². The quantitative estimate of drug-likeness (QED) is 0.419. The molecule has 54 valence electrons. The predicted molar refractivity (Wildman–Crippen MR) is 39.4 cm³/mol. The van der Waals surface area contributed by atoms with Crippen LogP contribution < -0.4 is 11.5 Å². The van der Waals surface area contributed by atoms with Gasteiger partial charge in [-0.05, 0) is 19.3 Å². The summed E-state index contributed by atoms with van der Waals surface area (Å²) in [7, 11) is 0. The summed E-state index contributed by atoms with van der Waals surface area (Å²) in [6.45, 7) is 0. The van der Waals surface area contributed by atoms with Gasteiger partial charge in [0.15, 0.2) is 0 Å². The third kappa shape index (κ3) is 1.17. The van der Waals surface area contributed by atoms with Crippen LogP contribution in [0.2, 0.25) is 0 Å². The first-order valence-electron chi connectivity index (χ1n) is 2.91. The van der Waals surface area contributed by atoms with Gasteiger partial charge in [-0.25, -0.2) is 0 Å². The lowest BCUT2D eigenvalue weighted by Crippen LogP contribution is -2.58. The van der Waals surface area contributed by atoms with Gasteiger partial charge in [-0.2, -0.15) is 0 Å². The zero-order chi connectivity index (χ0) is 7.12. The predicted octanol–water partition coefficient (Wildman–Crippen LogP) is 0.958. The van der Waals surface area contributed by atoms with E-state index in [1.54, 1.807) is 0 Å². The van der Waals surface area contributed by atoms with Crippen molar-refractivity contribution in [2.24, 2.45) is 11.5 Å². The van der Waals surface area contributed by atoms with Crippen molar-refractivity contribution >= 4 is 23.2 Å². The molecule has 1 saturated carbocycles. The first-order valence-corrected chi connectivity index (χ1v) is 3.67. The molecule has 0 saturated heterocycles. The van der Waals surface area contributed by atoms with E-state index < -0.39 is 10.00 Å². The summed E-state index contributed by atoms with van der Waals surface area (Å²) in [5.74, 6) is 0. The van der Waals surface area contributed by atoms with Gasteiger partial charge in [0.25, 0.3) is 0 Å². The summed E-state index contributed by atoms with van der Waals surface area (Å²) < 4.78 is -0.910. The summed E-state index contributed by atoms with van der Waals surface area (Å²) in [6.07, 6.45) is 2.32. The van der Waals surface area contributed by atoms with E-state index in [0.717, 1.165) is 6.42 Å². The molecule has 0 bridgehead atoms. The SMILES string of the molecule is NC1(N)CCCC1(Cl)Cl. The molecule has 0 aromatic rings. The van der Waals surface area contributed by atoms with Gasteiger partial charge in [-0.15, -0.1) is 0 Å². The summed E-state index contributed by atoms with van der Waals surface area (Å²) in [4.78, 5) is 0. The second kappa shape index (κ2) is 1.99. The monoisotopic (exact) mass is 168 g/mol. The summed E-state index contributed by atoms with van der Waals surface area (Å²) >= 11 is 11.5. The van der Waals surface area contributed by atoms with E-state index in [0.29, 0.717) is 12.8 Å². The molecule has 2 nitrogen and oxygen atoms in total. The van der Waals surface area contributed by atoms with E-state index in [4.69, 9.17) is 34.7 Å². The van der Waals surface area contributed by atoms with Gasteiger partial charge < -0.3 is 11.5 Å². The van der Waals surface area contributed by atoms with Gasteiger partial charge in [0.1, 0.15) is 4.33 Å². The molecule has 9 heavy (non-hydrogen) atoms. The lowest BCUT2D eigenvalue weighted by atomic mass is 10.1. The van der Waals surface area contributed by atoms with Crippen LogP contribution in [-0.4, -0.2) is 10.00 Å². The highest BCUT2D eigenvalue weighted by atomic mass is 35.5. The molecule has 0 amide bonds. The smallest absolute Gasteiger partial charge is 0.148 e. The second-order valence-electron chi connectivity index (χ2n) is 2.60. The standard InChI is InChI=1S/C5H10Cl2N2/c6-4(7)2-1-3-5(4,8)9/h1-3,8-9H2. The average Bonchev–Trinajstić information content (AvgIpc) is 1.81. The zero-order valence-electron chi connectivity index (χ0n) is 5.03. The van der Waals surface area contributed by atoms with E-state index in [2.05, 4.69) is 0 Å². The molecule has 1 fully saturated rings. The molecule has 1 rings (SSSR count). The molecule has 1 aliphatic rings. The van der Waals surface area contributed by atoms with Crippen molar-refractivity contribution in [3.63, 3.8) is 0 Å². The molecule has 4 N–H and O–H groups in total. The maximum Gasteiger partial charge on any atom is 0.148 e. The van der Waals surface area contributed by atoms with E-state index in [1.807, 2.05) is 0 Å². The normalized spacial score (nSPS) is 30.7. The molecule has 0 spiro atoms. The Hall–Kier alpha value is 0.500. The Labute approximate surface area is 64.5 Å². The Morgan fingerprint density at radius 1 is 1.11 bits per heavy atom. The number of hydrogen-bond donors (Lipinski definition) is 2. The van der Waals surface area contributed by atoms with Crippen LogP contribution in [0.15, 0.2) is 0 Å². The fourth-order valence-electron chi connectivity index (χ4n) is 1.02. The topological polar surface area (TPSA) is 52.0 Å². The molecule has 0 atom stereocenters. The third-order valence-corrected chi connectivity index (χ3v) is 2.84. The minimum absolute atomic E-state index is 0.698. The van der Waals surface area contributed by atoms with Crippen LogP contribution in [0.5, 0.6) is 0 Å². The van der Waals surface area contributed by atoms with Crippen LogP contribution in [0.1, 0.15) is 19.3 Å². The lowest BCUT2D eigenvalue weighted by molar-refractivity contribution is 0.437. The van der Waals surface area contributed by atoms with Crippen molar-refractivity contribution in [2.45, 2.75) is 29.3 Å². The van der Waals surface area contributed by atoms with Gasteiger partial charge >= 0.3 is 0 Å². The molecule has 0 radical (unpaired) electrons. The largest absolute Gasteiger partial charge is 0.311 e. The average molecular weight is 169 g/mol. The van der Waals surface area contributed by atoms with Crippen molar-refractivity contribution in [3.05, 3.63) is 0 Å². The minimum Gasteiger partial charge on any atom is -0.311 e. The minimum atomic E-state index is -0.910. The van der Waals surface area contributed by atoms with Gasteiger partial charge in [0, 0.05) is 0 Å². The Bertz CT molecular complexity index is 108. The molecule has 0 aliphatic heterocycles. The molecule has 0 aromatic carbocycles. The summed E-state index contributed by atoms with van der Waals surface area (Å²) in [6, 6.07) is 0. The molecule has 0 unspecified atom stereocenters. The van der Waals surface area contributed by atoms with Gasteiger partial charge in [-0.3, -0.25) is 0 Å². The van der Waals surface area contributed by atoms with Crippen LogP contribution in [-0.2, 0) is 0 Å².